The van der Waals surface area contributed by atoms with E-state index in [0.29, 0.717) is 5.56 Å². The summed E-state index contributed by atoms with van der Waals surface area (Å²) in [5, 5.41) is 12.1. The second-order valence-corrected chi connectivity index (χ2v) is 4.81. The van der Waals surface area contributed by atoms with Crippen molar-refractivity contribution >= 4 is 27.4 Å². The summed E-state index contributed by atoms with van der Waals surface area (Å²) in [6, 6.07) is 9.07. The van der Waals surface area contributed by atoms with Crippen molar-refractivity contribution in [3.8, 4) is 11.1 Å². The maximum Gasteiger partial charge on any atom is 0.335 e. The van der Waals surface area contributed by atoms with E-state index in [4.69, 9.17) is 5.11 Å². The molecule has 4 heteroatoms. The highest BCUT2D eigenvalue weighted by Crippen LogP contribution is 2.34. The van der Waals surface area contributed by atoms with Crippen LogP contribution in [0.25, 0.3) is 21.2 Å². The molecule has 3 aromatic rings. The molecule has 0 aliphatic carbocycles. The van der Waals surface area contributed by atoms with Crippen LogP contribution in [0.2, 0.25) is 0 Å². The normalized spacial score (nSPS) is 10.7. The number of nitrogens with zero attached hydrogens (tertiary/aromatic N) is 1. The SMILES string of the molecule is O=C(O)c1ccc2scc(-c3ccncc3)c2c1. The van der Waals surface area contributed by atoms with Gasteiger partial charge in [-0.05, 0) is 41.3 Å². The molecular weight excluding hydrogens is 246 g/mol. The molecule has 0 saturated carbocycles. The molecular formula is C14H9NO2S. The molecule has 0 atom stereocenters. The molecule has 0 unspecified atom stereocenters. The van der Waals surface area contributed by atoms with Crippen LogP contribution >= 0.6 is 11.3 Å². The van der Waals surface area contributed by atoms with Crippen LogP contribution in [0.1, 0.15) is 10.4 Å². The number of carboxylic acids is 1. The van der Waals surface area contributed by atoms with Crippen LogP contribution in [0.3, 0.4) is 0 Å². The van der Waals surface area contributed by atoms with Crippen molar-refractivity contribution in [2.45, 2.75) is 0 Å². The monoisotopic (exact) mass is 255 g/mol. The van der Waals surface area contributed by atoms with Crippen molar-refractivity contribution in [2.75, 3.05) is 0 Å². The third-order valence-corrected chi connectivity index (χ3v) is 3.78. The number of carboxylic acid groups (broad SMARTS) is 1. The number of aromatic nitrogens is 1. The van der Waals surface area contributed by atoms with Gasteiger partial charge in [-0.25, -0.2) is 4.79 Å². The molecule has 1 N–H and O–H groups in total. The van der Waals surface area contributed by atoms with Gasteiger partial charge in [0.25, 0.3) is 0 Å². The Labute approximate surface area is 107 Å². The fourth-order valence-electron chi connectivity index (χ4n) is 1.92. The first-order valence-corrected chi connectivity index (χ1v) is 6.28. The molecule has 88 valence electrons. The topological polar surface area (TPSA) is 50.2 Å². The first-order valence-electron chi connectivity index (χ1n) is 5.40. The molecule has 1 aromatic carbocycles. The van der Waals surface area contributed by atoms with Gasteiger partial charge in [-0.15, -0.1) is 11.3 Å². The first-order chi connectivity index (χ1) is 8.75. The maximum absolute atomic E-state index is 11.0. The van der Waals surface area contributed by atoms with E-state index in [-0.39, 0.29) is 0 Å². The highest BCUT2D eigenvalue weighted by molar-refractivity contribution is 7.17. The van der Waals surface area contributed by atoms with Crippen LogP contribution in [0.4, 0.5) is 0 Å². The molecule has 2 aromatic heterocycles. The Kier molecular flexibility index (Phi) is 2.57. The van der Waals surface area contributed by atoms with Gasteiger partial charge in [-0.3, -0.25) is 4.98 Å². The summed E-state index contributed by atoms with van der Waals surface area (Å²) in [5.41, 5.74) is 2.43. The third kappa shape index (κ3) is 1.76. The number of rotatable bonds is 2. The summed E-state index contributed by atoms with van der Waals surface area (Å²) < 4.78 is 1.09. The zero-order chi connectivity index (χ0) is 12.5. The van der Waals surface area contributed by atoms with E-state index < -0.39 is 5.97 Å². The number of aromatic carboxylic acids is 1. The van der Waals surface area contributed by atoms with Crippen molar-refractivity contribution in [3.63, 3.8) is 0 Å². The van der Waals surface area contributed by atoms with Gasteiger partial charge in [0.1, 0.15) is 0 Å². The second kappa shape index (κ2) is 4.23. The Bertz CT molecular complexity index is 719. The van der Waals surface area contributed by atoms with Gasteiger partial charge in [-0.1, -0.05) is 0 Å². The Morgan fingerprint density at radius 2 is 1.94 bits per heavy atom. The van der Waals surface area contributed by atoms with Crippen LogP contribution < -0.4 is 0 Å². The summed E-state index contributed by atoms with van der Waals surface area (Å²) in [6.07, 6.45) is 3.47. The summed E-state index contributed by atoms with van der Waals surface area (Å²) in [5.74, 6) is -0.899. The quantitative estimate of drug-likeness (QED) is 0.760. The van der Waals surface area contributed by atoms with E-state index in [0.717, 1.165) is 21.2 Å². The molecule has 2 heterocycles. The number of thiophene rings is 1. The van der Waals surface area contributed by atoms with Gasteiger partial charge in [0.2, 0.25) is 0 Å². The van der Waals surface area contributed by atoms with Gasteiger partial charge in [0.05, 0.1) is 5.56 Å². The molecule has 3 rings (SSSR count). The Morgan fingerprint density at radius 1 is 1.17 bits per heavy atom. The molecule has 0 amide bonds. The number of fused-ring (bicyclic) bond motifs is 1. The van der Waals surface area contributed by atoms with Gasteiger partial charge in [-0.2, -0.15) is 0 Å². The minimum absolute atomic E-state index is 0.316. The lowest BCUT2D eigenvalue weighted by molar-refractivity contribution is 0.0697. The Balaban J connectivity index is 2.24. The molecule has 0 aliphatic rings. The van der Waals surface area contributed by atoms with Crippen molar-refractivity contribution in [1.82, 2.24) is 4.98 Å². The van der Waals surface area contributed by atoms with E-state index in [9.17, 15) is 4.79 Å². The lowest BCUT2D eigenvalue weighted by Gasteiger charge is -2.00. The average Bonchev–Trinajstić information content (AvgIpc) is 2.82. The molecule has 0 bridgehead atoms. The molecule has 0 saturated heterocycles. The van der Waals surface area contributed by atoms with Crippen molar-refractivity contribution in [2.24, 2.45) is 0 Å². The summed E-state index contributed by atoms with van der Waals surface area (Å²) in [4.78, 5) is 15.0. The van der Waals surface area contributed by atoms with Crippen LogP contribution in [0.15, 0.2) is 48.1 Å². The van der Waals surface area contributed by atoms with E-state index in [1.165, 1.54) is 0 Å². The van der Waals surface area contributed by atoms with E-state index in [1.807, 2.05) is 23.6 Å². The van der Waals surface area contributed by atoms with Crippen LogP contribution in [-0.2, 0) is 0 Å². The van der Waals surface area contributed by atoms with Gasteiger partial charge in [0, 0.05) is 28.0 Å². The molecule has 0 radical (unpaired) electrons. The van der Waals surface area contributed by atoms with Gasteiger partial charge >= 0.3 is 5.97 Å². The van der Waals surface area contributed by atoms with Gasteiger partial charge < -0.3 is 5.11 Å². The fourth-order valence-corrected chi connectivity index (χ4v) is 2.87. The van der Waals surface area contributed by atoms with Crippen molar-refractivity contribution in [1.29, 1.82) is 0 Å². The molecule has 0 aliphatic heterocycles. The zero-order valence-electron chi connectivity index (χ0n) is 9.33. The maximum atomic E-state index is 11.0. The van der Waals surface area contributed by atoms with Crippen LogP contribution in [-0.4, -0.2) is 16.1 Å². The number of pyridine rings is 1. The molecule has 18 heavy (non-hydrogen) atoms. The van der Waals surface area contributed by atoms with Crippen molar-refractivity contribution in [3.05, 3.63) is 53.7 Å². The van der Waals surface area contributed by atoms with Crippen LogP contribution in [0, 0.1) is 0 Å². The number of hydrogen-bond donors (Lipinski definition) is 1. The van der Waals surface area contributed by atoms with E-state index in [1.54, 1.807) is 35.9 Å². The highest BCUT2D eigenvalue weighted by Gasteiger charge is 2.09. The minimum Gasteiger partial charge on any atom is -0.478 e. The average molecular weight is 255 g/mol. The molecule has 0 fully saturated rings. The number of hydrogen-bond acceptors (Lipinski definition) is 3. The smallest absolute Gasteiger partial charge is 0.335 e. The lowest BCUT2D eigenvalue weighted by atomic mass is 10.0. The van der Waals surface area contributed by atoms with E-state index >= 15 is 0 Å². The second-order valence-electron chi connectivity index (χ2n) is 3.90. The number of carbonyl (C=O) groups is 1. The highest BCUT2D eigenvalue weighted by atomic mass is 32.1. The minimum atomic E-state index is -0.899. The summed E-state index contributed by atoms with van der Waals surface area (Å²) in [7, 11) is 0. The molecule has 3 nitrogen and oxygen atoms in total. The fraction of sp³-hybridized carbons (Fsp3) is 0. The first kappa shape index (κ1) is 10.9. The molecule has 0 spiro atoms. The predicted molar refractivity (Wildman–Crippen MR) is 72.0 cm³/mol. The standard InChI is InChI=1S/C14H9NO2S/c16-14(17)10-1-2-13-11(7-10)12(8-18-13)9-3-5-15-6-4-9/h1-8H,(H,16,17). The summed E-state index contributed by atoms with van der Waals surface area (Å²) in [6.45, 7) is 0. The van der Waals surface area contributed by atoms with Gasteiger partial charge in [0.15, 0.2) is 0 Å². The Hall–Kier alpha value is -2.20. The van der Waals surface area contributed by atoms with Crippen molar-refractivity contribution < 1.29 is 9.90 Å². The zero-order valence-corrected chi connectivity index (χ0v) is 10.1. The van der Waals surface area contributed by atoms with E-state index in [2.05, 4.69) is 4.98 Å². The van der Waals surface area contributed by atoms with Crippen LogP contribution in [0.5, 0.6) is 0 Å². The predicted octanol–water partition coefficient (Wildman–Crippen LogP) is 3.66. The summed E-state index contributed by atoms with van der Waals surface area (Å²) >= 11 is 1.62. The number of benzene rings is 1. The Morgan fingerprint density at radius 3 is 2.67 bits per heavy atom. The third-order valence-electron chi connectivity index (χ3n) is 2.81. The largest absolute Gasteiger partial charge is 0.478 e. The lowest BCUT2D eigenvalue weighted by Crippen LogP contribution is -1.94.